The summed E-state index contributed by atoms with van der Waals surface area (Å²) in [6.07, 6.45) is 12.0. The van der Waals surface area contributed by atoms with Crippen LogP contribution in [0.3, 0.4) is 0 Å². The molecule has 1 saturated heterocycles. The summed E-state index contributed by atoms with van der Waals surface area (Å²) in [5.41, 5.74) is 1.68. The Bertz CT molecular complexity index is 1490. The first-order valence-electron chi connectivity index (χ1n) is 14.0. The van der Waals surface area contributed by atoms with E-state index in [1.54, 1.807) is 18.5 Å². The van der Waals surface area contributed by atoms with Crippen LogP contribution in [0, 0.1) is 5.92 Å². The molecule has 3 aromatic heterocycles. The molecule has 8 heteroatoms. The topological polar surface area (TPSA) is 93.2 Å². The first kappa shape index (κ1) is 25.5. The lowest BCUT2D eigenvalue weighted by atomic mass is 9.74. The number of likely N-dealkylation sites (tertiary alicyclic amines) is 1. The van der Waals surface area contributed by atoms with E-state index in [4.69, 9.17) is 0 Å². The Morgan fingerprint density at radius 2 is 1.79 bits per heavy atom. The van der Waals surface area contributed by atoms with Gasteiger partial charge in [0.05, 0.1) is 24.1 Å². The van der Waals surface area contributed by atoms with Crippen LogP contribution >= 0.6 is 0 Å². The summed E-state index contributed by atoms with van der Waals surface area (Å²) in [7, 11) is 0. The highest BCUT2D eigenvalue weighted by molar-refractivity contribution is 5.80. The van der Waals surface area contributed by atoms with Gasteiger partial charge in [0.25, 0.3) is 5.56 Å². The smallest absolute Gasteiger partial charge is 0.262 e. The number of hydrogen-bond acceptors (Lipinski definition) is 5. The van der Waals surface area contributed by atoms with E-state index < -0.39 is 5.60 Å². The number of hydrogen-bond donors (Lipinski definition) is 1. The van der Waals surface area contributed by atoms with Crippen molar-refractivity contribution >= 4 is 16.9 Å². The number of piperidine rings is 1. The molecule has 0 bridgehead atoms. The van der Waals surface area contributed by atoms with Gasteiger partial charge in [0.2, 0.25) is 5.91 Å². The Morgan fingerprint density at radius 1 is 1.00 bits per heavy atom. The van der Waals surface area contributed by atoms with E-state index in [1.807, 2.05) is 33.9 Å². The molecule has 1 aliphatic heterocycles. The minimum Gasteiger partial charge on any atom is -0.388 e. The summed E-state index contributed by atoms with van der Waals surface area (Å²) >= 11 is 0. The van der Waals surface area contributed by atoms with Crippen molar-refractivity contribution in [3.8, 4) is 0 Å². The van der Waals surface area contributed by atoms with Crippen molar-refractivity contribution in [1.82, 2.24) is 24.0 Å². The van der Waals surface area contributed by atoms with Crippen molar-refractivity contribution in [1.29, 1.82) is 0 Å². The number of rotatable bonds is 6. The molecule has 1 amide bonds. The van der Waals surface area contributed by atoms with E-state index in [2.05, 4.69) is 34.2 Å². The molecule has 1 saturated carbocycles. The molecule has 202 valence electrons. The van der Waals surface area contributed by atoms with Gasteiger partial charge in [-0.1, -0.05) is 49.2 Å². The predicted octanol–water partition coefficient (Wildman–Crippen LogP) is 3.97. The number of aliphatic hydroxyl groups is 1. The first-order valence-corrected chi connectivity index (χ1v) is 14.0. The molecular weight excluding hydrogens is 490 g/mol. The Hall–Kier alpha value is -3.78. The van der Waals surface area contributed by atoms with Gasteiger partial charge in [-0.25, -0.2) is 4.98 Å². The number of amides is 1. The predicted molar refractivity (Wildman–Crippen MR) is 149 cm³/mol. The Morgan fingerprint density at radius 3 is 2.56 bits per heavy atom. The van der Waals surface area contributed by atoms with Crippen LogP contribution in [0.15, 0.2) is 78.2 Å². The number of carbonyl (C=O) groups excluding carboxylic acids is 1. The van der Waals surface area contributed by atoms with E-state index in [0.29, 0.717) is 43.5 Å². The Kier molecular flexibility index (Phi) is 7.04. The van der Waals surface area contributed by atoms with Crippen molar-refractivity contribution in [3.05, 3.63) is 94.9 Å². The SMILES string of the molecule is O=C([C@H]1CCCC[C@@H]1c1ccccc1)N1CCC(O)(Cn2cnc3c(ccn3Cc3cccnc3)c2=O)CC1. The van der Waals surface area contributed by atoms with E-state index in [1.165, 1.54) is 16.5 Å². The summed E-state index contributed by atoms with van der Waals surface area (Å²) in [5, 5.41) is 12.0. The van der Waals surface area contributed by atoms with Gasteiger partial charge in [-0.3, -0.25) is 19.1 Å². The standard InChI is InChI=1S/C31H35N5O3/c37-29(26-11-5-4-10-25(26)24-8-2-1-3-9-24)34-17-13-31(39,14-18-34)21-36-22-33-28-27(30(36)38)12-16-35(28)20-23-7-6-15-32-19-23/h1-3,6-9,12,15-16,19,22,25-26,39H,4-5,10-11,13-14,17-18,20-21H2/t25-,26+/m1/s1. The molecule has 2 atom stereocenters. The molecule has 1 aliphatic carbocycles. The highest BCUT2D eigenvalue weighted by atomic mass is 16.3. The average molecular weight is 526 g/mol. The molecule has 1 aromatic carbocycles. The molecule has 2 aliphatic rings. The molecule has 2 fully saturated rings. The van der Waals surface area contributed by atoms with Crippen LogP contribution in [0.5, 0.6) is 0 Å². The molecule has 39 heavy (non-hydrogen) atoms. The average Bonchev–Trinajstić information content (AvgIpc) is 3.39. The zero-order valence-electron chi connectivity index (χ0n) is 22.2. The molecule has 0 unspecified atom stereocenters. The fraction of sp³-hybridized carbons (Fsp3) is 0.419. The van der Waals surface area contributed by atoms with Crippen molar-refractivity contribution in [2.75, 3.05) is 13.1 Å². The van der Waals surface area contributed by atoms with E-state index >= 15 is 0 Å². The van der Waals surface area contributed by atoms with Crippen molar-refractivity contribution < 1.29 is 9.90 Å². The van der Waals surface area contributed by atoms with Crippen LogP contribution in [0.2, 0.25) is 0 Å². The van der Waals surface area contributed by atoms with Crippen LogP contribution in [0.1, 0.15) is 55.6 Å². The number of carbonyl (C=O) groups is 1. The molecule has 8 nitrogen and oxygen atoms in total. The zero-order valence-corrected chi connectivity index (χ0v) is 22.2. The Labute approximate surface area is 227 Å². The highest BCUT2D eigenvalue weighted by Gasteiger charge is 2.39. The fourth-order valence-electron chi connectivity index (χ4n) is 6.41. The lowest BCUT2D eigenvalue weighted by Gasteiger charge is -2.41. The second kappa shape index (κ2) is 10.8. The van der Waals surface area contributed by atoms with E-state index in [0.717, 1.165) is 31.2 Å². The summed E-state index contributed by atoms with van der Waals surface area (Å²) in [6.45, 7) is 1.74. The fourth-order valence-corrected chi connectivity index (χ4v) is 6.41. The van der Waals surface area contributed by atoms with Gasteiger partial charge >= 0.3 is 0 Å². The lowest BCUT2D eigenvalue weighted by Crippen LogP contribution is -2.51. The van der Waals surface area contributed by atoms with Gasteiger partial charge in [-0.15, -0.1) is 0 Å². The minimum absolute atomic E-state index is 0.00252. The number of benzene rings is 1. The summed E-state index contributed by atoms with van der Waals surface area (Å²) in [4.78, 5) is 37.6. The van der Waals surface area contributed by atoms with Crippen LogP contribution in [0.25, 0.3) is 11.0 Å². The monoisotopic (exact) mass is 525 g/mol. The van der Waals surface area contributed by atoms with Crippen LogP contribution in [-0.4, -0.2) is 53.7 Å². The second-order valence-electron chi connectivity index (χ2n) is 11.2. The third-order valence-electron chi connectivity index (χ3n) is 8.60. The lowest BCUT2D eigenvalue weighted by molar-refractivity contribution is -0.142. The maximum Gasteiger partial charge on any atom is 0.262 e. The number of nitrogens with zero attached hydrogens (tertiary/aromatic N) is 5. The maximum atomic E-state index is 13.6. The molecular formula is C31H35N5O3. The second-order valence-corrected chi connectivity index (χ2v) is 11.2. The van der Waals surface area contributed by atoms with E-state index in [-0.39, 0.29) is 29.8 Å². The number of fused-ring (bicyclic) bond motifs is 1. The van der Waals surface area contributed by atoms with Gasteiger partial charge < -0.3 is 14.6 Å². The van der Waals surface area contributed by atoms with Crippen molar-refractivity contribution in [2.45, 2.75) is 63.1 Å². The van der Waals surface area contributed by atoms with Crippen LogP contribution in [0.4, 0.5) is 0 Å². The summed E-state index contributed by atoms with van der Waals surface area (Å²) < 4.78 is 3.45. The van der Waals surface area contributed by atoms with Gasteiger partial charge in [-0.05, 0) is 54.9 Å². The summed E-state index contributed by atoms with van der Waals surface area (Å²) in [6, 6.07) is 16.1. The van der Waals surface area contributed by atoms with Crippen LogP contribution < -0.4 is 5.56 Å². The molecule has 1 N–H and O–H groups in total. The minimum atomic E-state index is -1.06. The number of aromatic nitrogens is 4. The molecule has 4 aromatic rings. The summed E-state index contributed by atoms with van der Waals surface area (Å²) in [5.74, 6) is 0.466. The van der Waals surface area contributed by atoms with Gasteiger partial charge in [0, 0.05) is 37.6 Å². The normalized spacial score (nSPS) is 21.2. The van der Waals surface area contributed by atoms with Gasteiger partial charge in [0.15, 0.2) is 0 Å². The van der Waals surface area contributed by atoms with Crippen molar-refractivity contribution in [2.24, 2.45) is 5.92 Å². The largest absolute Gasteiger partial charge is 0.388 e. The molecule has 0 spiro atoms. The number of pyridine rings is 1. The highest BCUT2D eigenvalue weighted by Crippen LogP contribution is 2.39. The van der Waals surface area contributed by atoms with Crippen LogP contribution in [-0.2, 0) is 17.9 Å². The van der Waals surface area contributed by atoms with E-state index in [9.17, 15) is 14.7 Å². The third-order valence-corrected chi connectivity index (χ3v) is 8.60. The molecule has 6 rings (SSSR count). The quantitative estimate of drug-likeness (QED) is 0.411. The first-order chi connectivity index (χ1) is 19.0. The zero-order chi connectivity index (χ0) is 26.8. The Balaban J connectivity index is 1.12. The molecule has 4 heterocycles. The van der Waals surface area contributed by atoms with Gasteiger partial charge in [-0.2, -0.15) is 0 Å². The van der Waals surface area contributed by atoms with Crippen molar-refractivity contribution in [3.63, 3.8) is 0 Å². The maximum absolute atomic E-state index is 13.6. The third kappa shape index (κ3) is 5.26. The molecule has 0 radical (unpaired) electrons. The van der Waals surface area contributed by atoms with Gasteiger partial charge in [0.1, 0.15) is 12.0 Å².